The van der Waals surface area contributed by atoms with E-state index in [9.17, 15) is 4.79 Å². The Kier molecular flexibility index (Phi) is 6.63. The van der Waals surface area contributed by atoms with Gasteiger partial charge in [-0.2, -0.15) is 4.98 Å². The number of aromatic nitrogens is 2. The van der Waals surface area contributed by atoms with Crippen LogP contribution in [0.4, 0.5) is 0 Å². The van der Waals surface area contributed by atoms with E-state index in [1.165, 1.54) is 11.1 Å². The van der Waals surface area contributed by atoms with E-state index in [4.69, 9.17) is 9.26 Å². The molecule has 172 valence electrons. The van der Waals surface area contributed by atoms with Crippen molar-refractivity contribution in [1.82, 2.24) is 20.4 Å². The molecule has 0 spiro atoms. The van der Waals surface area contributed by atoms with Crippen LogP contribution < -0.4 is 10.1 Å². The Hall–Kier alpha value is -3.97. The van der Waals surface area contributed by atoms with Gasteiger partial charge in [-0.05, 0) is 41.8 Å². The van der Waals surface area contributed by atoms with Gasteiger partial charge in [0.15, 0.2) is 6.61 Å². The Morgan fingerprint density at radius 3 is 2.53 bits per heavy atom. The summed E-state index contributed by atoms with van der Waals surface area (Å²) in [5.41, 5.74) is 4.49. The lowest BCUT2D eigenvalue weighted by molar-refractivity contribution is -0.123. The molecule has 7 nitrogen and oxygen atoms in total. The van der Waals surface area contributed by atoms with Crippen molar-refractivity contribution in [2.45, 2.75) is 13.0 Å². The normalized spacial score (nSPS) is 13.3. The summed E-state index contributed by atoms with van der Waals surface area (Å²) in [5.74, 6) is 1.45. The Balaban J connectivity index is 1.06. The molecule has 1 N–H and O–H groups in total. The topological polar surface area (TPSA) is 80.5 Å². The lowest BCUT2D eigenvalue weighted by atomic mass is 10.00. The van der Waals surface area contributed by atoms with Crippen LogP contribution in [0.5, 0.6) is 5.75 Å². The predicted octanol–water partition coefficient (Wildman–Crippen LogP) is 3.96. The molecule has 0 saturated heterocycles. The average Bonchev–Trinajstić information content (AvgIpc) is 3.39. The molecule has 1 aromatic heterocycles. The van der Waals surface area contributed by atoms with Gasteiger partial charge in [-0.25, -0.2) is 0 Å². The van der Waals surface area contributed by atoms with Crippen LogP contribution in [0.2, 0.25) is 0 Å². The van der Waals surface area contributed by atoms with Gasteiger partial charge in [0, 0.05) is 37.3 Å². The first-order chi connectivity index (χ1) is 16.7. The van der Waals surface area contributed by atoms with E-state index in [2.05, 4.69) is 44.6 Å². The molecule has 0 unspecified atom stereocenters. The summed E-state index contributed by atoms with van der Waals surface area (Å²) in [7, 11) is 0. The van der Waals surface area contributed by atoms with Crippen molar-refractivity contribution in [2.75, 3.05) is 26.2 Å². The number of fused-ring (bicyclic) bond motifs is 1. The first-order valence-corrected chi connectivity index (χ1v) is 11.4. The number of nitrogens with zero attached hydrogens (tertiary/aromatic N) is 3. The van der Waals surface area contributed by atoms with E-state index < -0.39 is 0 Å². The second-order valence-electron chi connectivity index (χ2n) is 8.25. The van der Waals surface area contributed by atoms with Gasteiger partial charge in [0.2, 0.25) is 5.82 Å². The fraction of sp³-hybridized carbons (Fsp3) is 0.222. The van der Waals surface area contributed by atoms with E-state index in [1.54, 1.807) is 12.1 Å². The summed E-state index contributed by atoms with van der Waals surface area (Å²) >= 11 is 0. The molecule has 34 heavy (non-hydrogen) atoms. The highest BCUT2D eigenvalue weighted by molar-refractivity contribution is 5.77. The second kappa shape index (κ2) is 10.3. The molecule has 7 heteroatoms. The third-order valence-electron chi connectivity index (χ3n) is 5.89. The van der Waals surface area contributed by atoms with Gasteiger partial charge in [0.25, 0.3) is 11.8 Å². The maximum Gasteiger partial charge on any atom is 0.258 e. The van der Waals surface area contributed by atoms with Crippen LogP contribution in [0, 0.1) is 0 Å². The van der Waals surface area contributed by atoms with Crippen LogP contribution in [0.3, 0.4) is 0 Å². The zero-order valence-corrected chi connectivity index (χ0v) is 18.8. The molecule has 1 aliphatic rings. The van der Waals surface area contributed by atoms with Crippen LogP contribution >= 0.6 is 0 Å². The number of nitrogens with one attached hydrogen (secondary N) is 1. The van der Waals surface area contributed by atoms with Gasteiger partial charge in [0.05, 0.1) is 0 Å². The number of hydrogen-bond donors (Lipinski definition) is 1. The molecule has 5 rings (SSSR count). The largest absolute Gasteiger partial charge is 0.484 e. The number of hydrogen-bond acceptors (Lipinski definition) is 6. The highest BCUT2D eigenvalue weighted by Gasteiger charge is 2.15. The minimum Gasteiger partial charge on any atom is -0.484 e. The van der Waals surface area contributed by atoms with Gasteiger partial charge >= 0.3 is 0 Å². The monoisotopic (exact) mass is 454 g/mol. The molecule has 4 aromatic rings. The molecular formula is C27H26N4O3. The highest BCUT2D eigenvalue weighted by atomic mass is 16.5. The number of amides is 1. The van der Waals surface area contributed by atoms with Crippen LogP contribution in [-0.2, 0) is 17.8 Å². The lowest BCUT2D eigenvalue weighted by Gasteiger charge is -2.28. The summed E-state index contributed by atoms with van der Waals surface area (Å²) in [6, 6.07) is 25.5. The minimum atomic E-state index is -0.133. The van der Waals surface area contributed by atoms with Crippen molar-refractivity contribution in [3.8, 4) is 28.6 Å². The summed E-state index contributed by atoms with van der Waals surface area (Å²) in [6.07, 6.45) is 1.06. The van der Waals surface area contributed by atoms with Gasteiger partial charge in [-0.1, -0.05) is 59.8 Å². The summed E-state index contributed by atoms with van der Waals surface area (Å²) in [6.45, 7) is 3.35. The van der Waals surface area contributed by atoms with E-state index in [1.807, 2.05) is 42.5 Å². The Morgan fingerprint density at radius 1 is 0.941 bits per heavy atom. The maximum absolute atomic E-state index is 12.2. The quantitative estimate of drug-likeness (QED) is 0.434. The predicted molar refractivity (Wildman–Crippen MR) is 129 cm³/mol. The van der Waals surface area contributed by atoms with Crippen molar-refractivity contribution in [2.24, 2.45) is 0 Å². The number of ether oxygens (including phenoxy) is 1. The van der Waals surface area contributed by atoms with E-state index in [0.29, 0.717) is 24.0 Å². The smallest absolute Gasteiger partial charge is 0.258 e. The number of rotatable bonds is 8. The van der Waals surface area contributed by atoms with Gasteiger partial charge in [-0.3, -0.25) is 9.69 Å². The molecule has 2 heterocycles. The second-order valence-corrected chi connectivity index (χ2v) is 8.25. The third-order valence-corrected chi connectivity index (χ3v) is 5.89. The molecule has 0 radical (unpaired) electrons. The molecule has 0 aliphatic carbocycles. The minimum absolute atomic E-state index is 0.0269. The maximum atomic E-state index is 12.2. The van der Waals surface area contributed by atoms with Gasteiger partial charge < -0.3 is 14.6 Å². The van der Waals surface area contributed by atoms with Gasteiger partial charge in [0.1, 0.15) is 5.75 Å². The lowest BCUT2D eigenvalue weighted by Crippen LogP contribution is -2.39. The number of carbonyl (C=O) groups is 1. The molecule has 3 aromatic carbocycles. The Bertz CT molecular complexity index is 1240. The first-order valence-electron chi connectivity index (χ1n) is 11.4. The number of carbonyl (C=O) groups excluding carboxylic acids is 1. The molecule has 0 fully saturated rings. The average molecular weight is 455 g/mol. The summed E-state index contributed by atoms with van der Waals surface area (Å²) < 4.78 is 11.0. The van der Waals surface area contributed by atoms with Crippen LogP contribution in [-0.4, -0.2) is 47.2 Å². The molecule has 1 aliphatic heterocycles. The number of benzene rings is 3. The van der Waals surface area contributed by atoms with Crippen LogP contribution in [0.15, 0.2) is 83.4 Å². The fourth-order valence-electron chi connectivity index (χ4n) is 4.04. The SMILES string of the molecule is O=C(COc1ccc(-c2nc(-c3ccccc3)no2)cc1)NCCN1CCc2ccccc2C1. The van der Waals surface area contributed by atoms with Crippen molar-refractivity contribution < 1.29 is 14.1 Å². The van der Waals surface area contributed by atoms with E-state index in [0.717, 1.165) is 37.2 Å². The van der Waals surface area contributed by atoms with Crippen molar-refractivity contribution in [1.29, 1.82) is 0 Å². The summed E-state index contributed by atoms with van der Waals surface area (Å²) in [4.78, 5) is 19.0. The van der Waals surface area contributed by atoms with E-state index >= 15 is 0 Å². The van der Waals surface area contributed by atoms with Crippen LogP contribution in [0.1, 0.15) is 11.1 Å². The third kappa shape index (κ3) is 5.32. The molecular weight excluding hydrogens is 428 g/mol. The highest BCUT2D eigenvalue weighted by Crippen LogP contribution is 2.24. The molecule has 1 amide bonds. The van der Waals surface area contributed by atoms with Crippen molar-refractivity contribution in [3.63, 3.8) is 0 Å². The zero-order valence-electron chi connectivity index (χ0n) is 18.8. The summed E-state index contributed by atoms with van der Waals surface area (Å²) in [5, 5.41) is 6.99. The van der Waals surface area contributed by atoms with Crippen molar-refractivity contribution in [3.05, 3.63) is 90.0 Å². The van der Waals surface area contributed by atoms with Crippen LogP contribution in [0.25, 0.3) is 22.8 Å². The van der Waals surface area contributed by atoms with Gasteiger partial charge in [-0.15, -0.1) is 0 Å². The molecule has 0 saturated carbocycles. The molecule has 0 bridgehead atoms. The zero-order chi connectivity index (χ0) is 23.2. The standard InChI is InChI=1S/C27H26N4O3/c32-25(28-15-17-31-16-14-20-6-4-5-9-23(20)18-31)19-33-24-12-10-22(11-13-24)27-29-26(30-34-27)21-7-2-1-3-8-21/h1-13H,14-19H2,(H,28,32). The Morgan fingerprint density at radius 2 is 1.71 bits per heavy atom. The first kappa shape index (κ1) is 21.9. The fourth-order valence-corrected chi connectivity index (χ4v) is 4.04. The van der Waals surface area contributed by atoms with Crippen molar-refractivity contribution >= 4 is 5.91 Å². The van der Waals surface area contributed by atoms with E-state index in [-0.39, 0.29) is 12.5 Å². The molecule has 0 atom stereocenters. The Labute approximate surface area is 198 Å².